The molecule has 8 heteroatoms. The van der Waals surface area contributed by atoms with E-state index in [-0.39, 0.29) is 12.5 Å². The molecular formula is C13H22N2O5S. The number of carboxylic acid groups (broad SMARTS) is 1. The van der Waals surface area contributed by atoms with Gasteiger partial charge in [-0.25, -0.2) is 8.42 Å². The summed E-state index contributed by atoms with van der Waals surface area (Å²) in [4.78, 5) is 25.2. The molecule has 1 N–H and O–H groups in total. The zero-order valence-corrected chi connectivity index (χ0v) is 13.0. The summed E-state index contributed by atoms with van der Waals surface area (Å²) in [6.07, 6.45) is 4.43. The zero-order valence-electron chi connectivity index (χ0n) is 12.2. The molecule has 0 aromatic carbocycles. The van der Waals surface area contributed by atoms with E-state index in [1.54, 1.807) is 0 Å². The van der Waals surface area contributed by atoms with Gasteiger partial charge in [0.1, 0.15) is 6.04 Å². The standard InChI is InChI=1S/C13H22N2O5S/c1-21(19,20)15-8-3-2-6-11(15)12(16)14-7-4-5-10(9-14)13(17)18/h10-11H,2-9H2,1H3,(H,17,18)/t10-,11?/m0/s1. The van der Waals surface area contributed by atoms with E-state index in [1.165, 1.54) is 9.21 Å². The Morgan fingerprint density at radius 3 is 2.43 bits per heavy atom. The summed E-state index contributed by atoms with van der Waals surface area (Å²) >= 11 is 0. The van der Waals surface area contributed by atoms with Gasteiger partial charge in [0, 0.05) is 19.6 Å². The molecule has 2 aliphatic rings. The van der Waals surface area contributed by atoms with Crippen LogP contribution in [0.5, 0.6) is 0 Å². The monoisotopic (exact) mass is 318 g/mol. The van der Waals surface area contributed by atoms with Gasteiger partial charge in [-0.3, -0.25) is 9.59 Å². The molecule has 7 nitrogen and oxygen atoms in total. The first-order valence-corrected chi connectivity index (χ1v) is 9.14. The summed E-state index contributed by atoms with van der Waals surface area (Å²) in [5.41, 5.74) is 0. The van der Waals surface area contributed by atoms with Crippen molar-refractivity contribution in [1.29, 1.82) is 0 Å². The topological polar surface area (TPSA) is 95.0 Å². The number of carbonyl (C=O) groups is 2. The van der Waals surface area contributed by atoms with Gasteiger partial charge in [0.25, 0.3) is 0 Å². The SMILES string of the molecule is CS(=O)(=O)N1CCCCC1C(=O)N1CCC[C@H](C(=O)O)C1. The lowest BCUT2D eigenvalue weighted by atomic mass is 9.96. The first-order valence-electron chi connectivity index (χ1n) is 7.29. The molecule has 2 rings (SSSR count). The summed E-state index contributed by atoms with van der Waals surface area (Å²) in [7, 11) is -3.42. The van der Waals surface area contributed by atoms with Crippen LogP contribution in [0.3, 0.4) is 0 Å². The number of amides is 1. The smallest absolute Gasteiger partial charge is 0.308 e. The number of hydrogen-bond donors (Lipinski definition) is 1. The second-order valence-electron chi connectivity index (χ2n) is 5.85. The molecule has 0 aliphatic carbocycles. The van der Waals surface area contributed by atoms with Crippen molar-refractivity contribution in [1.82, 2.24) is 9.21 Å². The van der Waals surface area contributed by atoms with Crippen molar-refractivity contribution >= 4 is 21.9 Å². The van der Waals surface area contributed by atoms with Crippen LogP contribution in [0.4, 0.5) is 0 Å². The Morgan fingerprint density at radius 2 is 1.81 bits per heavy atom. The Kier molecular flexibility index (Phi) is 4.88. The van der Waals surface area contributed by atoms with Crippen molar-refractivity contribution in [2.24, 2.45) is 5.92 Å². The molecule has 0 aromatic rings. The molecule has 0 spiro atoms. The molecule has 120 valence electrons. The summed E-state index contributed by atoms with van der Waals surface area (Å²) < 4.78 is 24.9. The summed E-state index contributed by atoms with van der Waals surface area (Å²) in [5.74, 6) is -1.68. The van der Waals surface area contributed by atoms with Crippen LogP contribution >= 0.6 is 0 Å². The Labute approximate surface area is 125 Å². The lowest BCUT2D eigenvalue weighted by Crippen LogP contribution is -2.54. The Hall–Kier alpha value is -1.15. The van der Waals surface area contributed by atoms with Crippen LogP contribution in [0.15, 0.2) is 0 Å². The first kappa shape index (κ1) is 16.2. The third-order valence-corrected chi connectivity index (χ3v) is 5.54. The number of sulfonamides is 1. The molecule has 0 bridgehead atoms. The van der Waals surface area contributed by atoms with Crippen molar-refractivity contribution in [2.45, 2.75) is 38.1 Å². The molecule has 2 saturated heterocycles. The summed E-state index contributed by atoms with van der Waals surface area (Å²) in [5, 5.41) is 9.09. The summed E-state index contributed by atoms with van der Waals surface area (Å²) in [6, 6.07) is -0.665. The van der Waals surface area contributed by atoms with Crippen LogP contribution in [0.25, 0.3) is 0 Å². The van der Waals surface area contributed by atoms with Gasteiger partial charge in [-0.05, 0) is 25.7 Å². The Bertz CT molecular complexity index is 519. The van der Waals surface area contributed by atoms with Crippen LogP contribution in [0.1, 0.15) is 32.1 Å². The minimum Gasteiger partial charge on any atom is -0.481 e. The molecule has 2 aliphatic heterocycles. The van der Waals surface area contributed by atoms with Gasteiger partial charge in [-0.15, -0.1) is 0 Å². The number of likely N-dealkylation sites (tertiary alicyclic amines) is 1. The van der Waals surface area contributed by atoms with Crippen LogP contribution in [0.2, 0.25) is 0 Å². The predicted octanol–water partition coefficient (Wildman–Crippen LogP) is 0.124. The van der Waals surface area contributed by atoms with E-state index in [0.717, 1.165) is 19.1 Å². The second kappa shape index (κ2) is 6.31. The molecule has 0 saturated carbocycles. The fourth-order valence-corrected chi connectivity index (χ4v) is 4.26. The lowest BCUT2D eigenvalue weighted by Gasteiger charge is -2.38. The Morgan fingerprint density at radius 1 is 1.10 bits per heavy atom. The third kappa shape index (κ3) is 3.74. The van der Waals surface area contributed by atoms with Crippen LogP contribution in [-0.4, -0.2) is 66.5 Å². The molecule has 21 heavy (non-hydrogen) atoms. The van der Waals surface area contributed by atoms with Crippen LogP contribution in [-0.2, 0) is 19.6 Å². The lowest BCUT2D eigenvalue weighted by molar-refractivity contribution is -0.147. The highest BCUT2D eigenvalue weighted by atomic mass is 32.2. The molecule has 2 atom stereocenters. The number of carboxylic acids is 1. The Balaban J connectivity index is 2.12. The predicted molar refractivity (Wildman–Crippen MR) is 76.1 cm³/mol. The van der Waals surface area contributed by atoms with Gasteiger partial charge in [0.05, 0.1) is 12.2 Å². The van der Waals surface area contributed by atoms with E-state index in [4.69, 9.17) is 5.11 Å². The molecular weight excluding hydrogens is 296 g/mol. The van der Waals surface area contributed by atoms with Crippen molar-refractivity contribution in [3.8, 4) is 0 Å². The maximum Gasteiger partial charge on any atom is 0.308 e. The normalized spacial score (nSPS) is 28.3. The average molecular weight is 318 g/mol. The van der Waals surface area contributed by atoms with Crippen molar-refractivity contribution in [2.75, 3.05) is 25.9 Å². The molecule has 1 amide bonds. The van der Waals surface area contributed by atoms with E-state index < -0.39 is 28.0 Å². The quantitative estimate of drug-likeness (QED) is 0.798. The highest BCUT2D eigenvalue weighted by Crippen LogP contribution is 2.24. The minimum atomic E-state index is -3.42. The third-order valence-electron chi connectivity index (χ3n) is 4.25. The number of carbonyl (C=O) groups excluding carboxylic acids is 1. The second-order valence-corrected chi connectivity index (χ2v) is 7.78. The highest BCUT2D eigenvalue weighted by molar-refractivity contribution is 7.88. The summed E-state index contributed by atoms with van der Waals surface area (Å²) in [6.45, 7) is 1.06. The van der Waals surface area contributed by atoms with E-state index >= 15 is 0 Å². The van der Waals surface area contributed by atoms with Gasteiger partial charge in [-0.2, -0.15) is 4.31 Å². The van der Waals surface area contributed by atoms with Gasteiger partial charge in [-0.1, -0.05) is 6.42 Å². The zero-order chi connectivity index (χ0) is 15.6. The van der Waals surface area contributed by atoms with Gasteiger partial charge >= 0.3 is 5.97 Å². The number of aliphatic carboxylic acids is 1. The van der Waals surface area contributed by atoms with Gasteiger partial charge < -0.3 is 10.0 Å². The van der Waals surface area contributed by atoms with E-state index in [0.29, 0.717) is 32.4 Å². The van der Waals surface area contributed by atoms with E-state index in [9.17, 15) is 18.0 Å². The number of rotatable bonds is 3. The first-order chi connectivity index (χ1) is 9.80. The fraction of sp³-hybridized carbons (Fsp3) is 0.846. The fourth-order valence-electron chi connectivity index (χ4n) is 3.14. The number of hydrogen-bond acceptors (Lipinski definition) is 4. The average Bonchev–Trinajstić information content (AvgIpc) is 2.45. The minimum absolute atomic E-state index is 0.183. The number of nitrogens with zero attached hydrogens (tertiary/aromatic N) is 2. The molecule has 0 aromatic heterocycles. The van der Waals surface area contributed by atoms with Crippen LogP contribution in [0, 0.1) is 5.92 Å². The molecule has 1 unspecified atom stereocenters. The molecule has 2 heterocycles. The van der Waals surface area contributed by atoms with Crippen molar-refractivity contribution in [3.63, 3.8) is 0 Å². The highest BCUT2D eigenvalue weighted by Gasteiger charge is 2.38. The van der Waals surface area contributed by atoms with E-state index in [1.807, 2.05) is 0 Å². The maximum absolute atomic E-state index is 12.6. The van der Waals surface area contributed by atoms with Crippen molar-refractivity contribution in [3.05, 3.63) is 0 Å². The number of piperidine rings is 2. The van der Waals surface area contributed by atoms with Crippen molar-refractivity contribution < 1.29 is 23.1 Å². The van der Waals surface area contributed by atoms with Gasteiger partial charge in [0.2, 0.25) is 15.9 Å². The molecule has 0 radical (unpaired) electrons. The largest absolute Gasteiger partial charge is 0.481 e. The van der Waals surface area contributed by atoms with E-state index in [2.05, 4.69) is 0 Å². The van der Waals surface area contributed by atoms with Crippen LogP contribution < -0.4 is 0 Å². The van der Waals surface area contributed by atoms with Gasteiger partial charge in [0.15, 0.2) is 0 Å². The maximum atomic E-state index is 12.6. The molecule has 2 fully saturated rings.